The number of likely N-dealkylation sites (tertiary alicyclic amines) is 1. The Morgan fingerprint density at radius 2 is 1.89 bits per heavy atom. The molecule has 0 aliphatic carbocycles. The van der Waals surface area contributed by atoms with Crippen molar-refractivity contribution in [2.45, 2.75) is 45.1 Å². The summed E-state index contributed by atoms with van der Waals surface area (Å²) in [4.78, 5) is 35.1. The molecule has 3 aromatic rings. The standard InChI is InChI=1S/C27H32FN5O3/c1-5-21-22(6-2)30-26(29-21)33-24(34)20(23(31-33)18-8-10-19(28)11-9-18)12-7-17-13-15-32(16-14-17)25(35)27(3,4)36/h5-6,8-11,17,31,36H,1-2,7,12-16H2,3-4H3,(H,29,30). The zero-order valence-corrected chi connectivity index (χ0v) is 20.7. The summed E-state index contributed by atoms with van der Waals surface area (Å²) in [5, 5.41) is 13.2. The summed E-state index contributed by atoms with van der Waals surface area (Å²) in [5.41, 5.74) is 1.53. The first-order valence-electron chi connectivity index (χ1n) is 12.1. The molecule has 0 radical (unpaired) electrons. The van der Waals surface area contributed by atoms with Crippen LogP contribution in [0.1, 0.15) is 50.1 Å². The van der Waals surface area contributed by atoms with Gasteiger partial charge < -0.3 is 15.0 Å². The number of piperidine rings is 1. The van der Waals surface area contributed by atoms with Crippen LogP contribution in [0.15, 0.2) is 42.2 Å². The number of H-pyrrole nitrogens is 2. The summed E-state index contributed by atoms with van der Waals surface area (Å²) >= 11 is 0. The smallest absolute Gasteiger partial charge is 0.277 e. The van der Waals surface area contributed by atoms with E-state index in [1.165, 1.54) is 30.7 Å². The van der Waals surface area contributed by atoms with Crippen LogP contribution in [-0.4, -0.2) is 54.4 Å². The van der Waals surface area contributed by atoms with Gasteiger partial charge in [-0.05, 0) is 81.9 Å². The molecule has 0 saturated carbocycles. The third-order valence-electron chi connectivity index (χ3n) is 6.71. The monoisotopic (exact) mass is 493 g/mol. The predicted octanol–water partition coefficient (Wildman–Crippen LogP) is 3.92. The maximum atomic E-state index is 13.6. The van der Waals surface area contributed by atoms with Gasteiger partial charge in [0.1, 0.15) is 11.4 Å². The van der Waals surface area contributed by atoms with Gasteiger partial charge in [-0.3, -0.25) is 14.7 Å². The van der Waals surface area contributed by atoms with Crippen molar-refractivity contribution >= 4 is 18.1 Å². The Hall–Kier alpha value is -3.72. The summed E-state index contributed by atoms with van der Waals surface area (Å²) in [6.45, 7) is 11.7. The first-order valence-corrected chi connectivity index (χ1v) is 12.1. The van der Waals surface area contributed by atoms with Crippen LogP contribution in [0, 0.1) is 11.7 Å². The topological polar surface area (TPSA) is 107 Å². The Bertz CT molecular complexity index is 1290. The maximum absolute atomic E-state index is 13.6. The molecule has 1 aromatic carbocycles. The SMILES string of the molecule is C=Cc1nc(-n2[nH]c(-c3ccc(F)cc3)c(CCC3CCN(C(=O)C(C)(C)O)CC3)c2=O)[nH]c1C=C. The van der Waals surface area contributed by atoms with E-state index in [2.05, 4.69) is 28.2 Å². The molecule has 1 saturated heterocycles. The molecular formula is C27H32FN5O3. The fourth-order valence-electron chi connectivity index (χ4n) is 4.67. The number of amides is 1. The number of aromatic nitrogens is 4. The minimum atomic E-state index is -1.38. The van der Waals surface area contributed by atoms with Gasteiger partial charge >= 0.3 is 0 Å². The lowest BCUT2D eigenvalue weighted by molar-refractivity contribution is -0.149. The number of nitrogens with zero attached hydrogens (tertiary/aromatic N) is 3. The summed E-state index contributed by atoms with van der Waals surface area (Å²) in [7, 11) is 0. The molecule has 36 heavy (non-hydrogen) atoms. The van der Waals surface area contributed by atoms with Crippen molar-refractivity contribution in [1.82, 2.24) is 24.6 Å². The summed E-state index contributed by atoms with van der Waals surface area (Å²) < 4.78 is 14.9. The van der Waals surface area contributed by atoms with E-state index >= 15 is 0 Å². The molecule has 0 unspecified atom stereocenters. The van der Waals surface area contributed by atoms with Crippen molar-refractivity contribution in [3.05, 3.63) is 70.5 Å². The number of nitrogens with one attached hydrogen (secondary N) is 2. The number of imidazole rings is 1. The number of benzene rings is 1. The van der Waals surface area contributed by atoms with Crippen LogP contribution in [0.25, 0.3) is 29.4 Å². The van der Waals surface area contributed by atoms with Gasteiger partial charge in [-0.2, -0.15) is 4.68 Å². The highest BCUT2D eigenvalue weighted by Crippen LogP contribution is 2.27. The first-order chi connectivity index (χ1) is 17.1. The van der Waals surface area contributed by atoms with Crippen LogP contribution in [0.3, 0.4) is 0 Å². The van der Waals surface area contributed by atoms with Crippen molar-refractivity contribution < 1.29 is 14.3 Å². The largest absolute Gasteiger partial charge is 0.381 e. The van der Waals surface area contributed by atoms with Gasteiger partial charge in [0, 0.05) is 24.2 Å². The minimum Gasteiger partial charge on any atom is -0.381 e. The van der Waals surface area contributed by atoms with Crippen molar-refractivity contribution in [2.24, 2.45) is 5.92 Å². The Morgan fingerprint density at radius 1 is 1.22 bits per heavy atom. The average molecular weight is 494 g/mol. The number of halogens is 1. The van der Waals surface area contributed by atoms with Gasteiger partial charge in [-0.15, -0.1) is 0 Å². The summed E-state index contributed by atoms with van der Waals surface area (Å²) in [5.74, 6) is 0.0388. The van der Waals surface area contributed by atoms with E-state index in [1.54, 1.807) is 29.2 Å². The molecule has 3 heterocycles. The maximum Gasteiger partial charge on any atom is 0.277 e. The van der Waals surface area contributed by atoms with E-state index in [4.69, 9.17) is 0 Å². The molecule has 0 bridgehead atoms. The van der Waals surface area contributed by atoms with Crippen molar-refractivity contribution in [3.8, 4) is 17.2 Å². The van der Waals surface area contributed by atoms with Crippen molar-refractivity contribution in [3.63, 3.8) is 0 Å². The zero-order valence-electron chi connectivity index (χ0n) is 20.7. The Morgan fingerprint density at radius 3 is 2.44 bits per heavy atom. The van der Waals surface area contributed by atoms with Gasteiger partial charge in [-0.1, -0.05) is 13.2 Å². The second kappa shape index (κ2) is 10.1. The molecule has 9 heteroatoms. The first kappa shape index (κ1) is 25.4. The van der Waals surface area contributed by atoms with E-state index in [0.717, 1.165) is 19.3 Å². The lowest BCUT2D eigenvalue weighted by atomic mass is 9.89. The third-order valence-corrected chi connectivity index (χ3v) is 6.71. The van der Waals surface area contributed by atoms with Crippen molar-refractivity contribution in [2.75, 3.05) is 13.1 Å². The molecule has 1 fully saturated rings. The predicted molar refractivity (Wildman–Crippen MR) is 138 cm³/mol. The number of hydrogen-bond donors (Lipinski definition) is 3. The van der Waals surface area contributed by atoms with Crippen molar-refractivity contribution in [1.29, 1.82) is 0 Å². The van der Waals surface area contributed by atoms with Gasteiger partial charge in [0.25, 0.3) is 11.5 Å². The van der Waals surface area contributed by atoms with Gasteiger partial charge in [0.05, 0.1) is 17.1 Å². The van der Waals surface area contributed by atoms with E-state index in [1.807, 2.05) is 0 Å². The number of carbonyl (C=O) groups is 1. The molecule has 4 rings (SSSR count). The number of aliphatic hydroxyl groups is 1. The molecular weight excluding hydrogens is 461 g/mol. The van der Waals surface area contributed by atoms with Gasteiger partial charge in [-0.25, -0.2) is 9.37 Å². The van der Waals surface area contributed by atoms with Crippen LogP contribution < -0.4 is 5.56 Å². The fraction of sp³-hybridized carbons (Fsp3) is 0.370. The van der Waals surface area contributed by atoms with E-state index < -0.39 is 5.60 Å². The molecule has 190 valence electrons. The van der Waals surface area contributed by atoms with Crippen LogP contribution >= 0.6 is 0 Å². The zero-order chi connectivity index (χ0) is 26.0. The second-order valence-electron chi connectivity index (χ2n) is 9.71. The lowest BCUT2D eigenvalue weighted by Gasteiger charge is -2.35. The van der Waals surface area contributed by atoms with Crippen LogP contribution in [0.4, 0.5) is 4.39 Å². The van der Waals surface area contributed by atoms with Crippen LogP contribution in [-0.2, 0) is 11.2 Å². The highest BCUT2D eigenvalue weighted by Gasteiger charge is 2.32. The van der Waals surface area contributed by atoms with Gasteiger partial charge in [0.15, 0.2) is 0 Å². The number of aromatic amines is 2. The highest BCUT2D eigenvalue weighted by atomic mass is 19.1. The minimum absolute atomic E-state index is 0.232. The van der Waals surface area contributed by atoms with Gasteiger partial charge in [0.2, 0.25) is 5.95 Å². The molecule has 0 spiro atoms. The molecule has 8 nitrogen and oxygen atoms in total. The molecule has 0 atom stereocenters. The molecule has 1 aliphatic heterocycles. The van der Waals surface area contributed by atoms with Crippen LogP contribution in [0.5, 0.6) is 0 Å². The average Bonchev–Trinajstić information content (AvgIpc) is 3.43. The quantitative estimate of drug-likeness (QED) is 0.442. The fourth-order valence-corrected chi connectivity index (χ4v) is 4.67. The van der Waals surface area contributed by atoms with Crippen LogP contribution in [0.2, 0.25) is 0 Å². The van der Waals surface area contributed by atoms with E-state index in [9.17, 15) is 19.1 Å². The second-order valence-corrected chi connectivity index (χ2v) is 9.71. The molecule has 3 N–H and O–H groups in total. The summed E-state index contributed by atoms with van der Waals surface area (Å²) in [6.07, 6.45) is 6.08. The third kappa shape index (κ3) is 5.11. The molecule has 1 aliphatic rings. The highest BCUT2D eigenvalue weighted by molar-refractivity contribution is 5.84. The lowest BCUT2D eigenvalue weighted by Crippen LogP contribution is -2.48. The molecule has 2 aromatic heterocycles. The van der Waals surface area contributed by atoms with E-state index in [-0.39, 0.29) is 17.3 Å². The Balaban J connectivity index is 1.59. The van der Waals surface area contributed by atoms with E-state index in [0.29, 0.717) is 59.6 Å². The number of rotatable bonds is 8. The normalized spacial score (nSPS) is 14.7. The Labute approximate surface area is 209 Å². The Kier molecular flexibility index (Phi) is 7.12. The number of hydrogen-bond acceptors (Lipinski definition) is 4. The number of carbonyl (C=O) groups excluding carboxylic acids is 1. The summed E-state index contributed by atoms with van der Waals surface area (Å²) in [6, 6.07) is 6.01. The molecule has 1 amide bonds.